The van der Waals surface area contributed by atoms with Gasteiger partial charge in [-0.1, -0.05) is 6.07 Å². The molecule has 4 rings (SSSR count). The maximum atomic E-state index is 13.1. The molecule has 2 aromatic carbocycles. The molecule has 0 saturated heterocycles. The predicted octanol–water partition coefficient (Wildman–Crippen LogP) is 1.83. The Hall–Kier alpha value is -1.90. The molecule has 0 aromatic heterocycles. The van der Waals surface area contributed by atoms with Crippen molar-refractivity contribution in [3.05, 3.63) is 53.1 Å². The first-order chi connectivity index (χ1) is 12.3. The van der Waals surface area contributed by atoms with Crippen molar-refractivity contribution in [3.8, 4) is 0 Å². The van der Waals surface area contributed by atoms with Crippen LogP contribution in [0, 0.1) is 0 Å². The second-order valence-corrected chi connectivity index (χ2v) is 10.4. The van der Waals surface area contributed by atoms with Gasteiger partial charge in [0.15, 0.2) is 0 Å². The molecule has 0 atom stereocenters. The van der Waals surface area contributed by atoms with Crippen molar-refractivity contribution in [2.24, 2.45) is 0 Å². The number of hydrogen-bond acceptors (Lipinski definition) is 4. The number of benzene rings is 2. The lowest BCUT2D eigenvalue weighted by molar-refractivity contribution is 0.587. The predicted molar refractivity (Wildman–Crippen MR) is 99.4 cm³/mol. The Bertz CT molecular complexity index is 1090. The lowest BCUT2D eigenvalue weighted by Crippen LogP contribution is -2.29. The third-order valence-electron chi connectivity index (χ3n) is 5.14. The van der Waals surface area contributed by atoms with Crippen molar-refractivity contribution in [2.45, 2.75) is 35.5 Å². The van der Waals surface area contributed by atoms with Gasteiger partial charge in [0, 0.05) is 6.54 Å². The van der Waals surface area contributed by atoms with Crippen LogP contribution in [0.25, 0.3) is 0 Å². The Kier molecular flexibility index (Phi) is 4.09. The molecule has 2 aliphatic rings. The van der Waals surface area contributed by atoms with E-state index in [-0.39, 0.29) is 4.90 Å². The zero-order valence-electron chi connectivity index (χ0n) is 14.4. The number of nitrogens with zero attached hydrogens (tertiary/aromatic N) is 1. The van der Waals surface area contributed by atoms with Crippen LogP contribution in [0.3, 0.4) is 0 Å². The summed E-state index contributed by atoms with van der Waals surface area (Å²) in [6.07, 6.45) is 3.48. The highest BCUT2D eigenvalue weighted by Crippen LogP contribution is 2.35. The Morgan fingerprint density at radius 1 is 0.846 bits per heavy atom. The molecule has 6 nitrogen and oxygen atoms in total. The second-order valence-electron chi connectivity index (χ2n) is 6.61. The third-order valence-corrected chi connectivity index (χ3v) is 8.36. The topological polar surface area (TPSA) is 83.6 Å². The summed E-state index contributed by atoms with van der Waals surface area (Å²) in [5.41, 5.74) is 3.63. The summed E-state index contributed by atoms with van der Waals surface area (Å²) >= 11 is 0. The van der Waals surface area contributed by atoms with Crippen LogP contribution in [0.5, 0.6) is 0 Å². The Balaban J connectivity index is 1.73. The fraction of sp³-hybridized carbons (Fsp3) is 0.333. The minimum Gasteiger partial charge on any atom is -0.266 e. The van der Waals surface area contributed by atoms with E-state index in [1.807, 2.05) is 6.07 Å². The van der Waals surface area contributed by atoms with Crippen LogP contribution in [0.1, 0.15) is 23.1 Å². The van der Waals surface area contributed by atoms with Crippen molar-refractivity contribution < 1.29 is 16.8 Å². The maximum Gasteiger partial charge on any atom is 0.264 e. The molecule has 1 heterocycles. The Morgan fingerprint density at radius 2 is 1.54 bits per heavy atom. The normalized spacial score (nSPS) is 16.6. The van der Waals surface area contributed by atoms with Gasteiger partial charge < -0.3 is 0 Å². The highest BCUT2D eigenvalue weighted by atomic mass is 32.2. The highest BCUT2D eigenvalue weighted by molar-refractivity contribution is 7.92. The maximum absolute atomic E-state index is 13.1. The van der Waals surface area contributed by atoms with Gasteiger partial charge in [0.2, 0.25) is 10.0 Å². The minimum atomic E-state index is -3.66. The first-order valence-corrected chi connectivity index (χ1v) is 11.5. The fourth-order valence-corrected chi connectivity index (χ4v) is 6.05. The van der Waals surface area contributed by atoms with E-state index in [0.717, 1.165) is 30.4 Å². The van der Waals surface area contributed by atoms with Crippen molar-refractivity contribution >= 4 is 25.7 Å². The van der Waals surface area contributed by atoms with Crippen molar-refractivity contribution in [1.29, 1.82) is 0 Å². The quantitative estimate of drug-likeness (QED) is 0.861. The van der Waals surface area contributed by atoms with Gasteiger partial charge in [-0.05, 0) is 79.8 Å². The SMILES string of the molecule is CNS(=O)(=O)c1ccc2c(c1)CCN2S(=O)(=O)c1ccc2c(c1)CCC2. The fourth-order valence-electron chi connectivity index (χ4n) is 3.72. The van der Waals surface area contributed by atoms with Crippen LogP contribution in [0.4, 0.5) is 5.69 Å². The average Bonchev–Trinajstić information content (AvgIpc) is 3.27. The van der Waals surface area contributed by atoms with E-state index in [1.165, 1.54) is 23.0 Å². The molecule has 0 radical (unpaired) electrons. The van der Waals surface area contributed by atoms with E-state index in [1.54, 1.807) is 24.3 Å². The zero-order chi connectivity index (χ0) is 18.5. The van der Waals surface area contributed by atoms with Gasteiger partial charge in [-0.25, -0.2) is 21.6 Å². The first-order valence-electron chi connectivity index (χ1n) is 8.54. The lowest BCUT2D eigenvalue weighted by Gasteiger charge is -2.20. The number of aryl methyl sites for hydroxylation is 2. The standard InChI is InChI=1S/C18H20N2O4S2/c1-19-25(21,22)16-7-8-18-15(12-16)9-10-20(18)26(23,24)17-6-5-13-3-2-4-14(13)11-17/h5-8,11-12,19H,2-4,9-10H2,1H3. The number of fused-ring (bicyclic) bond motifs is 2. The average molecular weight is 393 g/mol. The molecule has 2 aromatic rings. The molecule has 0 unspecified atom stereocenters. The number of rotatable bonds is 4. The summed E-state index contributed by atoms with van der Waals surface area (Å²) in [5, 5.41) is 0. The molecule has 138 valence electrons. The van der Waals surface area contributed by atoms with E-state index in [2.05, 4.69) is 4.72 Å². The number of anilines is 1. The summed E-state index contributed by atoms with van der Waals surface area (Å²) in [6, 6.07) is 9.96. The van der Waals surface area contributed by atoms with E-state index in [9.17, 15) is 16.8 Å². The molecule has 1 N–H and O–H groups in total. The van der Waals surface area contributed by atoms with Crippen LogP contribution < -0.4 is 9.03 Å². The van der Waals surface area contributed by atoms with Crippen molar-refractivity contribution in [2.75, 3.05) is 17.9 Å². The van der Waals surface area contributed by atoms with Gasteiger partial charge in [-0.3, -0.25) is 4.31 Å². The van der Waals surface area contributed by atoms with Crippen molar-refractivity contribution in [3.63, 3.8) is 0 Å². The Labute approximate surface area is 153 Å². The number of sulfonamides is 2. The molecule has 0 bridgehead atoms. The smallest absolute Gasteiger partial charge is 0.264 e. The van der Waals surface area contributed by atoms with Crippen LogP contribution in [0.15, 0.2) is 46.2 Å². The number of hydrogen-bond donors (Lipinski definition) is 1. The molecular weight excluding hydrogens is 372 g/mol. The molecule has 8 heteroatoms. The molecule has 0 saturated carbocycles. The van der Waals surface area contributed by atoms with E-state index in [4.69, 9.17) is 0 Å². The summed E-state index contributed by atoms with van der Waals surface area (Å²) in [7, 11) is -5.85. The lowest BCUT2D eigenvalue weighted by atomic mass is 10.1. The van der Waals surface area contributed by atoms with Crippen LogP contribution in [0.2, 0.25) is 0 Å². The van der Waals surface area contributed by atoms with Crippen LogP contribution >= 0.6 is 0 Å². The molecule has 0 spiro atoms. The molecule has 1 aliphatic heterocycles. The van der Waals surface area contributed by atoms with Crippen molar-refractivity contribution in [1.82, 2.24) is 4.72 Å². The molecule has 1 aliphatic carbocycles. The monoisotopic (exact) mass is 392 g/mol. The van der Waals surface area contributed by atoms with Gasteiger partial charge in [0.1, 0.15) is 0 Å². The van der Waals surface area contributed by atoms with Gasteiger partial charge in [-0.2, -0.15) is 0 Å². The summed E-state index contributed by atoms with van der Waals surface area (Å²) in [5.74, 6) is 0. The zero-order valence-corrected chi connectivity index (χ0v) is 16.0. The summed E-state index contributed by atoms with van der Waals surface area (Å²) in [4.78, 5) is 0.452. The summed E-state index contributed by atoms with van der Waals surface area (Å²) < 4.78 is 53.9. The van der Waals surface area contributed by atoms with Gasteiger partial charge >= 0.3 is 0 Å². The molecule has 26 heavy (non-hydrogen) atoms. The van der Waals surface area contributed by atoms with E-state index >= 15 is 0 Å². The van der Waals surface area contributed by atoms with E-state index in [0.29, 0.717) is 23.5 Å². The first kappa shape index (κ1) is 17.5. The van der Waals surface area contributed by atoms with Gasteiger partial charge in [0.25, 0.3) is 10.0 Å². The number of nitrogens with one attached hydrogen (secondary N) is 1. The van der Waals surface area contributed by atoms with Crippen LogP contribution in [-0.2, 0) is 39.3 Å². The third kappa shape index (κ3) is 2.72. The van der Waals surface area contributed by atoms with Gasteiger partial charge in [0.05, 0.1) is 15.5 Å². The molecule has 0 fully saturated rings. The second kappa shape index (κ2) is 6.07. The Morgan fingerprint density at radius 3 is 2.31 bits per heavy atom. The minimum absolute atomic E-state index is 0.149. The van der Waals surface area contributed by atoms with E-state index < -0.39 is 20.0 Å². The van der Waals surface area contributed by atoms with Crippen LogP contribution in [-0.4, -0.2) is 30.4 Å². The molecular formula is C18H20N2O4S2. The van der Waals surface area contributed by atoms with Gasteiger partial charge in [-0.15, -0.1) is 0 Å². The largest absolute Gasteiger partial charge is 0.266 e. The summed E-state index contributed by atoms with van der Waals surface area (Å²) in [6.45, 7) is 0.317. The molecule has 0 amide bonds. The highest BCUT2D eigenvalue weighted by Gasteiger charge is 2.32.